The van der Waals surface area contributed by atoms with Crippen LogP contribution in [0.5, 0.6) is 5.75 Å². The van der Waals surface area contributed by atoms with Crippen molar-refractivity contribution in [3.05, 3.63) is 89.8 Å². The third kappa shape index (κ3) is 5.86. The largest absolute Gasteiger partial charge is 0.484 e. The summed E-state index contributed by atoms with van der Waals surface area (Å²) in [4.78, 5) is 4.39. The zero-order valence-corrected chi connectivity index (χ0v) is 21.8. The summed E-state index contributed by atoms with van der Waals surface area (Å²) in [6.45, 7) is 0.813. The summed E-state index contributed by atoms with van der Waals surface area (Å²) in [5.74, 6) is -0.405. The van der Waals surface area contributed by atoms with Gasteiger partial charge in [0.15, 0.2) is 12.4 Å². The maximum Gasteiger partial charge on any atom is 0.238 e. The van der Waals surface area contributed by atoms with Crippen LogP contribution in [0.25, 0.3) is 22.6 Å². The lowest BCUT2D eigenvalue weighted by atomic mass is 9.86. The number of primary sulfonamides is 1. The molecule has 1 saturated heterocycles. The lowest BCUT2D eigenvalue weighted by Gasteiger charge is -2.36. The molecule has 0 unspecified atom stereocenters. The molecule has 8 nitrogen and oxygen atoms in total. The molecule has 0 bridgehead atoms. The van der Waals surface area contributed by atoms with Crippen molar-refractivity contribution < 1.29 is 35.8 Å². The number of benzene rings is 3. The summed E-state index contributed by atoms with van der Waals surface area (Å²) in [7, 11) is -2.39. The smallest absolute Gasteiger partial charge is 0.238 e. The normalized spacial score (nSPS) is 15.3. The van der Waals surface area contributed by atoms with E-state index in [1.807, 2.05) is 0 Å². The number of ether oxygens (including phenoxy) is 3. The van der Waals surface area contributed by atoms with Crippen LogP contribution in [0, 0.1) is 11.6 Å². The van der Waals surface area contributed by atoms with Crippen LogP contribution in [0.4, 0.5) is 8.78 Å². The van der Waals surface area contributed by atoms with Gasteiger partial charge in [-0.05, 0) is 42.0 Å². The molecule has 39 heavy (non-hydrogen) atoms. The zero-order valence-electron chi connectivity index (χ0n) is 21.0. The molecule has 1 aromatic heterocycles. The van der Waals surface area contributed by atoms with E-state index in [0.717, 1.165) is 0 Å². The summed E-state index contributed by atoms with van der Waals surface area (Å²) >= 11 is 0. The molecule has 11 heteroatoms. The van der Waals surface area contributed by atoms with Gasteiger partial charge in [-0.1, -0.05) is 24.3 Å². The van der Waals surface area contributed by atoms with Gasteiger partial charge in [0, 0.05) is 50.4 Å². The molecule has 0 saturated carbocycles. The minimum atomic E-state index is -3.98. The Morgan fingerprint density at radius 2 is 1.72 bits per heavy atom. The van der Waals surface area contributed by atoms with Crippen LogP contribution in [-0.2, 0) is 31.7 Å². The summed E-state index contributed by atoms with van der Waals surface area (Å²) in [6, 6.07) is 16.0. The molecular weight excluding hydrogens is 530 g/mol. The number of hydrogen-bond donors (Lipinski definition) is 1. The molecule has 5 rings (SSSR count). The van der Waals surface area contributed by atoms with E-state index < -0.39 is 27.3 Å². The second-order valence-corrected chi connectivity index (χ2v) is 10.7. The lowest BCUT2D eigenvalue weighted by Crippen LogP contribution is -2.35. The molecule has 2 heterocycles. The van der Waals surface area contributed by atoms with Crippen LogP contribution >= 0.6 is 0 Å². The first-order valence-electron chi connectivity index (χ1n) is 12.1. The average molecular weight is 557 g/mol. The van der Waals surface area contributed by atoms with E-state index in [9.17, 15) is 17.2 Å². The predicted octanol–water partition coefficient (Wildman–Crippen LogP) is 5.17. The Morgan fingerprint density at radius 1 is 0.974 bits per heavy atom. The van der Waals surface area contributed by atoms with E-state index >= 15 is 0 Å². The van der Waals surface area contributed by atoms with Gasteiger partial charge < -0.3 is 18.6 Å². The van der Waals surface area contributed by atoms with E-state index in [-0.39, 0.29) is 34.6 Å². The van der Waals surface area contributed by atoms with Gasteiger partial charge in [-0.2, -0.15) is 0 Å². The molecule has 3 aromatic carbocycles. The molecule has 204 valence electrons. The van der Waals surface area contributed by atoms with Gasteiger partial charge >= 0.3 is 0 Å². The van der Waals surface area contributed by atoms with E-state index in [1.165, 1.54) is 48.5 Å². The molecule has 0 atom stereocenters. The maximum absolute atomic E-state index is 14.6. The SMILES string of the molecule is COC1(c2cc(F)cc(OCc3nc(-c4cccc(S(N)(=O)=O)c4)c(-c4cccc(F)c4)o3)c2)CCOCC1. The van der Waals surface area contributed by atoms with Crippen LogP contribution in [-0.4, -0.2) is 33.7 Å². The number of nitrogens with zero attached hydrogens (tertiary/aromatic N) is 1. The molecule has 4 aromatic rings. The minimum Gasteiger partial charge on any atom is -0.484 e. The number of aromatic nitrogens is 1. The average Bonchev–Trinajstić information content (AvgIpc) is 3.36. The third-order valence-corrected chi connectivity index (χ3v) is 7.56. The highest BCUT2D eigenvalue weighted by molar-refractivity contribution is 7.89. The fourth-order valence-electron chi connectivity index (χ4n) is 4.63. The summed E-state index contributed by atoms with van der Waals surface area (Å²) in [5, 5.41) is 5.30. The Labute approximate surface area is 224 Å². The highest BCUT2D eigenvalue weighted by atomic mass is 32.2. The highest BCUT2D eigenvalue weighted by Gasteiger charge is 2.35. The number of rotatable bonds is 8. The van der Waals surface area contributed by atoms with Crippen LogP contribution in [0.15, 0.2) is 76.0 Å². The number of nitrogens with two attached hydrogens (primary N) is 1. The molecule has 1 aliphatic heterocycles. The van der Waals surface area contributed by atoms with Crippen molar-refractivity contribution in [1.29, 1.82) is 0 Å². The summed E-state index contributed by atoms with van der Waals surface area (Å²) in [5.41, 5.74) is 1.000. The van der Waals surface area contributed by atoms with Crippen molar-refractivity contribution in [2.75, 3.05) is 20.3 Å². The van der Waals surface area contributed by atoms with E-state index in [1.54, 1.807) is 25.3 Å². The maximum atomic E-state index is 14.6. The van der Waals surface area contributed by atoms with Gasteiger partial charge in [0.1, 0.15) is 23.1 Å². The molecule has 2 N–H and O–H groups in total. The first-order valence-corrected chi connectivity index (χ1v) is 13.7. The quantitative estimate of drug-likeness (QED) is 0.319. The standard InChI is InChI=1S/C28H26F2N2O6S/c1-35-28(8-10-36-11-9-28)20-14-22(30)16-23(15-20)37-17-25-32-26(18-4-3-7-24(13-18)39(31,33)34)27(38-25)19-5-2-6-21(29)12-19/h2-7,12-16H,8-11,17H2,1H3,(H2,31,33,34). The number of halogens is 2. The van der Waals surface area contributed by atoms with Gasteiger partial charge in [-0.3, -0.25) is 0 Å². The minimum absolute atomic E-state index is 0.113. The number of methoxy groups -OCH3 is 1. The molecule has 0 radical (unpaired) electrons. The second kappa shape index (κ2) is 10.9. The number of oxazole rings is 1. The first-order chi connectivity index (χ1) is 18.7. The highest BCUT2D eigenvalue weighted by Crippen LogP contribution is 2.38. The predicted molar refractivity (Wildman–Crippen MR) is 138 cm³/mol. The van der Waals surface area contributed by atoms with Crippen molar-refractivity contribution in [1.82, 2.24) is 4.98 Å². The lowest BCUT2D eigenvalue weighted by molar-refractivity contribution is -0.0950. The van der Waals surface area contributed by atoms with Gasteiger partial charge in [0.05, 0.1) is 10.5 Å². The van der Waals surface area contributed by atoms with Crippen molar-refractivity contribution in [3.8, 4) is 28.3 Å². The fraction of sp³-hybridized carbons (Fsp3) is 0.250. The van der Waals surface area contributed by atoms with E-state index in [0.29, 0.717) is 42.7 Å². The van der Waals surface area contributed by atoms with Crippen molar-refractivity contribution in [2.45, 2.75) is 29.9 Å². The number of hydrogen-bond acceptors (Lipinski definition) is 7. The van der Waals surface area contributed by atoms with E-state index in [4.69, 9.17) is 23.8 Å². The summed E-state index contributed by atoms with van der Waals surface area (Å²) < 4.78 is 75.5. The van der Waals surface area contributed by atoms with Gasteiger partial charge in [-0.15, -0.1) is 0 Å². The van der Waals surface area contributed by atoms with Crippen molar-refractivity contribution in [2.24, 2.45) is 5.14 Å². The van der Waals surface area contributed by atoms with Crippen molar-refractivity contribution in [3.63, 3.8) is 0 Å². The van der Waals surface area contributed by atoms with E-state index in [2.05, 4.69) is 4.98 Å². The van der Waals surface area contributed by atoms with Crippen LogP contribution in [0.1, 0.15) is 24.3 Å². The van der Waals surface area contributed by atoms with Gasteiger partial charge in [0.2, 0.25) is 15.9 Å². The third-order valence-electron chi connectivity index (χ3n) is 6.65. The fourth-order valence-corrected chi connectivity index (χ4v) is 5.19. The molecule has 1 fully saturated rings. The summed E-state index contributed by atoms with van der Waals surface area (Å²) in [6.07, 6.45) is 1.15. The Hall–Kier alpha value is -3.64. The topological polar surface area (TPSA) is 114 Å². The van der Waals surface area contributed by atoms with Gasteiger partial charge in [0.25, 0.3) is 0 Å². The van der Waals surface area contributed by atoms with Crippen molar-refractivity contribution >= 4 is 10.0 Å². The van der Waals surface area contributed by atoms with Crippen LogP contribution < -0.4 is 9.88 Å². The Kier molecular flexibility index (Phi) is 7.50. The zero-order chi connectivity index (χ0) is 27.6. The molecule has 0 spiro atoms. The Balaban J connectivity index is 1.49. The Morgan fingerprint density at radius 3 is 2.44 bits per heavy atom. The van der Waals surface area contributed by atoms with Crippen LogP contribution in [0.2, 0.25) is 0 Å². The second-order valence-electron chi connectivity index (χ2n) is 9.14. The number of sulfonamides is 1. The molecule has 0 aliphatic carbocycles. The Bertz CT molecular complexity index is 1600. The molecular formula is C28H26F2N2O6S. The van der Waals surface area contributed by atoms with Gasteiger partial charge in [-0.25, -0.2) is 27.3 Å². The monoisotopic (exact) mass is 556 g/mol. The first kappa shape index (κ1) is 26.9. The molecule has 0 amide bonds. The van der Waals surface area contributed by atoms with Crippen LogP contribution in [0.3, 0.4) is 0 Å². The molecule has 1 aliphatic rings.